The molecule has 1 unspecified atom stereocenters. The van der Waals surface area contributed by atoms with Gasteiger partial charge in [-0.1, -0.05) is 0 Å². The molecule has 0 aliphatic carbocycles. The van der Waals surface area contributed by atoms with Crippen LogP contribution in [-0.4, -0.2) is 34.7 Å². The monoisotopic (exact) mass is 225 g/mol. The van der Waals surface area contributed by atoms with Gasteiger partial charge in [-0.15, -0.1) is 0 Å². The second-order valence-corrected chi connectivity index (χ2v) is 5.84. The van der Waals surface area contributed by atoms with Crippen molar-refractivity contribution in [2.45, 2.75) is 5.75 Å². The van der Waals surface area contributed by atoms with E-state index in [9.17, 15) is 8.77 Å². The molecule has 0 spiro atoms. The fraction of sp³-hybridized carbons (Fsp3) is 0.500. The number of aromatic nitrogens is 3. The van der Waals surface area contributed by atoms with E-state index < -0.39 is 23.9 Å². The van der Waals surface area contributed by atoms with Crippen LogP contribution in [-0.2, 0) is 21.1 Å². The number of hydrogen-bond donors (Lipinski definition) is 3. The lowest BCUT2D eigenvalue weighted by Gasteiger charge is -2.01. The van der Waals surface area contributed by atoms with Crippen molar-refractivity contribution in [1.82, 2.24) is 15.2 Å². The molecule has 0 aromatic carbocycles. The lowest BCUT2D eigenvalue weighted by molar-refractivity contribution is 0.379. The molecule has 0 aliphatic rings. The summed E-state index contributed by atoms with van der Waals surface area (Å²) in [4.78, 5) is 20.7. The van der Waals surface area contributed by atoms with E-state index in [0.717, 1.165) is 0 Å². The predicted molar refractivity (Wildman–Crippen MR) is 45.1 cm³/mol. The zero-order valence-electron chi connectivity index (χ0n) is 6.45. The molecule has 13 heavy (non-hydrogen) atoms. The van der Waals surface area contributed by atoms with E-state index in [2.05, 4.69) is 15.2 Å². The van der Waals surface area contributed by atoms with E-state index in [-0.39, 0.29) is 5.75 Å². The van der Waals surface area contributed by atoms with Gasteiger partial charge in [-0.25, -0.2) is 4.98 Å². The Bertz CT molecular complexity index is 333. The fourth-order valence-corrected chi connectivity index (χ4v) is 3.00. The molecular weight excluding hydrogens is 217 g/mol. The van der Waals surface area contributed by atoms with Crippen LogP contribution in [0, 0.1) is 0 Å². The maximum atomic E-state index is 11.1. The Morgan fingerprint density at radius 1 is 1.62 bits per heavy atom. The van der Waals surface area contributed by atoms with E-state index >= 15 is 0 Å². The number of H-pyrrole nitrogens is 1. The molecule has 3 N–H and O–H groups in total. The molecule has 0 radical (unpaired) electrons. The third-order valence-electron chi connectivity index (χ3n) is 1.07. The molecule has 1 heterocycles. The lowest BCUT2D eigenvalue weighted by Crippen LogP contribution is -2.02. The first-order valence-electron chi connectivity index (χ1n) is 3.21. The summed E-state index contributed by atoms with van der Waals surface area (Å²) in [5.41, 5.74) is -0.645. The van der Waals surface area contributed by atoms with Gasteiger partial charge in [0.2, 0.25) is 0 Å². The maximum absolute atomic E-state index is 11.1. The highest BCUT2D eigenvalue weighted by Crippen LogP contribution is 2.35. The van der Waals surface area contributed by atoms with Crippen LogP contribution in [0.25, 0.3) is 0 Å². The summed E-state index contributed by atoms with van der Waals surface area (Å²) in [5.74, 6) is 0.331. The van der Waals surface area contributed by atoms with Gasteiger partial charge in [0.15, 0.2) is 0 Å². The van der Waals surface area contributed by atoms with Crippen LogP contribution >= 0.6 is 7.60 Å². The van der Waals surface area contributed by atoms with Crippen LogP contribution in [0.4, 0.5) is 0 Å². The summed E-state index contributed by atoms with van der Waals surface area (Å²) in [6, 6.07) is 0. The van der Waals surface area contributed by atoms with Crippen molar-refractivity contribution >= 4 is 18.4 Å². The molecule has 0 aliphatic heterocycles. The average molecular weight is 225 g/mol. The quantitative estimate of drug-likeness (QED) is 0.577. The molecular formula is C4H8N3O4PS. The second kappa shape index (κ2) is 4.10. The first-order valence-corrected chi connectivity index (χ1v) is 6.50. The third kappa shape index (κ3) is 4.28. The number of nitrogens with one attached hydrogen (secondary N) is 1. The van der Waals surface area contributed by atoms with Crippen LogP contribution in [0.3, 0.4) is 0 Å². The molecule has 0 saturated heterocycles. The Labute approximate surface area is 76.2 Å². The summed E-state index contributed by atoms with van der Waals surface area (Å²) >= 11 is 0. The van der Waals surface area contributed by atoms with Gasteiger partial charge in [0.25, 0.3) is 0 Å². The standard InChI is InChI=1S/C4H8N3O4PS/c8-12(9,10)3-13(11)1-4-5-2-6-7-4/h2H,1,3H2,(H,5,6,7)(H2,8,9,10). The van der Waals surface area contributed by atoms with Crippen molar-refractivity contribution < 1.29 is 18.6 Å². The SMILES string of the molecule is O=S(Cc1ncn[nH]1)CP(=O)(O)O. The first-order chi connectivity index (χ1) is 5.97. The van der Waals surface area contributed by atoms with E-state index in [4.69, 9.17) is 9.79 Å². The Morgan fingerprint density at radius 2 is 2.31 bits per heavy atom. The minimum Gasteiger partial charge on any atom is -0.324 e. The Morgan fingerprint density at radius 3 is 2.77 bits per heavy atom. The minimum atomic E-state index is -4.20. The van der Waals surface area contributed by atoms with Crippen LogP contribution in [0.2, 0.25) is 0 Å². The number of rotatable bonds is 4. The van der Waals surface area contributed by atoms with Crippen molar-refractivity contribution in [1.29, 1.82) is 0 Å². The van der Waals surface area contributed by atoms with Crippen LogP contribution < -0.4 is 0 Å². The van der Waals surface area contributed by atoms with Gasteiger partial charge >= 0.3 is 7.60 Å². The Kier molecular flexibility index (Phi) is 3.32. The summed E-state index contributed by atoms with van der Waals surface area (Å²) in [6.07, 6.45) is 1.24. The van der Waals surface area contributed by atoms with Crippen molar-refractivity contribution in [3.8, 4) is 0 Å². The molecule has 74 valence electrons. The molecule has 1 aromatic heterocycles. The molecule has 1 atom stereocenters. The Hall–Kier alpha value is -0.560. The van der Waals surface area contributed by atoms with Crippen LogP contribution in [0.15, 0.2) is 6.33 Å². The second-order valence-electron chi connectivity index (χ2n) is 2.31. The summed E-state index contributed by atoms with van der Waals surface area (Å²) < 4.78 is 21.5. The van der Waals surface area contributed by atoms with E-state index in [1.807, 2.05) is 0 Å². The highest BCUT2D eigenvalue weighted by Gasteiger charge is 2.18. The summed E-state index contributed by atoms with van der Waals surface area (Å²) in [5, 5.41) is 5.95. The van der Waals surface area contributed by atoms with Crippen LogP contribution in [0.5, 0.6) is 0 Å². The highest BCUT2D eigenvalue weighted by molar-refractivity contribution is 7.91. The molecule has 0 bridgehead atoms. The van der Waals surface area contributed by atoms with E-state index in [1.165, 1.54) is 6.33 Å². The Balaban J connectivity index is 2.48. The van der Waals surface area contributed by atoms with Crippen LogP contribution in [0.1, 0.15) is 5.82 Å². The van der Waals surface area contributed by atoms with Gasteiger partial charge < -0.3 is 9.79 Å². The van der Waals surface area contributed by atoms with Gasteiger partial charge in [0.1, 0.15) is 17.6 Å². The van der Waals surface area contributed by atoms with E-state index in [1.54, 1.807) is 0 Å². The topological polar surface area (TPSA) is 116 Å². The lowest BCUT2D eigenvalue weighted by atomic mass is 10.7. The van der Waals surface area contributed by atoms with Crippen molar-refractivity contribution in [3.63, 3.8) is 0 Å². The van der Waals surface area contributed by atoms with Gasteiger partial charge in [-0.05, 0) is 0 Å². The molecule has 1 rings (SSSR count). The molecule has 0 saturated carbocycles. The maximum Gasteiger partial charge on any atom is 0.337 e. The minimum absolute atomic E-state index is 0.0227. The van der Waals surface area contributed by atoms with Gasteiger partial charge in [-0.3, -0.25) is 13.9 Å². The normalized spacial score (nSPS) is 14.3. The third-order valence-corrected chi connectivity index (χ3v) is 4.17. The largest absolute Gasteiger partial charge is 0.337 e. The molecule has 0 fully saturated rings. The number of nitrogens with zero attached hydrogens (tertiary/aromatic N) is 2. The zero-order chi connectivity index (χ0) is 9.90. The van der Waals surface area contributed by atoms with Crippen molar-refractivity contribution in [2.75, 3.05) is 5.49 Å². The molecule has 7 nitrogen and oxygen atoms in total. The van der Waals surface area contributed by atoms with Gasteiger partial charge in [-0.2, -0.15) is 5.10 Å². The van der Waals surface area contributed by atoms with Crippen molar-refractivity contribution in [3.05, 3.63) is 12.2 Å². The predicted octanol–water partition coefficient (Wildman–Crippen LogP) is -0.811. The zero-order valence-corrected chi connectivity index (χ0v) is 8.16. The summed E-state index contributed by atoms with van der Waals surface area (Å²) in [7, 11) is -5.82. The molecule has 9 heteroatoms. The number of aromatic amines is 1. The first kappa shape index (κ1) is 10.5. The van der Waals surface area contributed by atoms with Crippen molar-refractivity contribution in [2.24, 2.45) is 0 Å². The molecule has 0 amide bonds. The van der Waals surface area contributed by atoms with Gasteiger partial charge in [0.05, 0.1) is 5.75 Å². The average Bonchev–Trinajstić information content (AvgIpc) is 2.34. The smallest absolute Gasteiger partial charge is 0.324 e. The highest BCUT2D eigenvalue weighted by atomic mass is 32.2. The molecule has 1 aromatic rings. The van der Waals surface area contributed by atoms with Gasteiger partial charge in [0, 0.05) is 10.8 Å². The fourth-order valence-electron chi connectivity index (χ4n) is 0.686. The van der Waals surface area contributed by atoms with E-state index in [0.29, 0.717) is 5.82 Å². The number of hydrogen-bond acceptors (Lipinski definition) is 4. The summed E-state index contributed by atoms with van der Waals surface area (Å²) in [6.45, 7) is 0.